The highest BCUT2D eigenvalue weighted by Crippen LogP contribution is 2.31. The summed E-state index contributed by atoms with van der Waals surface area (Å²) in [6.45, 7) is 3.23. The fourth-order valence-corrected chi connectivity index (χ4v) is 3.91. The predicted molar refractivity (Wildman–Crippen MR) is 101 cm³/mol. The molecule has 0 aliphatic carbocycles. The lowest BCUT2D eigenvalue weighted by atomic mass is 9.85. The summed E-state index contributed by atoms with van der Waals surface area (Å²) in [7, 11) is 0. The Kier molecular flexibility index (Phi) is 4.78. The smallest absolute Gasteiger partial charge is 0.292 e. The van der Waals surface area contributed by atoms with Crippen molar-refractivity contribution in [1.82, 2.24) is 19.5 Å². The average molecular weight is 377 g/mol. The zero-order valence-corrected chi connectivity index (χ0v) is 15.6. The summed E-state index contributed by atoms with van der Waals surface area (Å²) in [6.07, 6.45) is 4.00. The zero-order valence-electron chi connectivity index (χ0n) is 15.6. The van der Waals surface area contributed by atoms with E-state index in [1.54, 1.807) is 33.7 Å². The van der Waals surface area contributed by atoms with Gasteiger partial charge in [0.25, 0.3) is 5.91 Å². The van der Waals surface area contributed by atoms with Crippen LogP contribution < -0.4 is 0 Å². The van der Waals surface area contributed by atoms with Gasteiger partial charge in [0.1, 0.15) is 11.9 Å². The van der Waals surface area contributed by atoms with E-state index in [9.17, 15) is 9.18 Å². The molecule has 1 aliphatic rings. The molecule has 1 saturated heterocycles. The quantitative estimate of drug-likeness (QED) is 0.702. The third-order valence-corrected chi connectivity index (χ3v) is 5.43. The van der Waals surface area contributed by atoms with Crippen LogP contribution in [0.1, 0.15) is 53.0 Å². The molecule has 1 fully saturated rings. The van der Waals surface area contributed by atoms with E-state index in [2.05, 4.69) is 23.2 Å². The normalized spacial score (nSPS) is 15.0. The zero-order chi connectivity index (χ0) is 19.7. The Hall–Kier alpha value is -3.27. The molecule has 0 bridgehead atoms. The minimum absolute atomic E-state index is 0.198. The number of carbonyl (C=O) groups excluding carboxylic acids is 1. The number of nitrogens with zero attached hydrogens (tertiary/aromatic N) is 5. The van der Waals surface area contributed by atoms with Crippen molar-refractivity contribution in [2.75, 3.05) is 13.1 Å². The van der Waals surface area contributed by atoms with Gasteiger partial charge in [0.15, 0.2) is 5.65 Å². The van der Waals surface area contributed by atoms with Crippen LogP contribution in [-0.2, 0) is 6.42 Å². The molecular weight excluding hydrogens is 357 g/mol. The molecule has 0 unspecified atom stereocenters. The van der Waals surface area contributed by atoms with Crippen molar-refractivity contribution < 1.29 is 9.18 Å². The van der Waals surface area contributed by atoms with Gasteiger partial charge in [0, 0.05) is 19.3 Å². The summed E-state index contributed by atoms with van der Waals surface area (Å²) >= 11 is 0. The molecule has 142 valence electrons. The monoisotopic (exact) mass is 377 g/mol. The van der Waals surface area contributed by atoms with Crippen molar-refractivity contribution in [2.24, 2.45) is 0 Å². The highest BCUT2D eigenvalue weighted by molar-refractivity contribution is 5.91. The van der Waals surface area contributed by atoms with E-state index >= 15 is 0 Å². The molecule has 0 saturated carbocycles. The SMILES string of the molecule is CCc1ccc(F)cc1C1CCN(C(=O)c2nnc3ccc(C#N)cn23)CC1. The van der Waals surface area contributed by atoms with Crippen LogP contribution in [0.2, 0.25) is 0 Å². The molecule has 28 heavy (non-hydrogen) atoms. The van der Waals surface area contributed by atoms with Crippen molar-refractivity contribution in [1.29, 1.82) is 5.26 Å². The first-order valence-corrected chi connectivity index (χ1v) is 9.43. The fraction of sp³-hybridized carbons (Fsp3) is 0.333. The number of aryl methyl sites for hydroxylation is 1. The molecule has 0 radical (unpaired) electrons. The second-order valence-electron chi connectivity index (χ2n) is 7.04. The Morgan fingerprint density at radius 2 is 2.04 bits per heavy atom. The number of hydrogen-bond donors (Lipinski definition) is 0. The molecule has 0 spiro atoms. The van der Waals surface area contributed by atoms with E-state index in [0.29, 0.717) is 24.3 Å². The summed E-state index contributed by atoms with van der Waals surface area (Å²) in [5.41, 5.74) is 3.20. The van der Waals surface area contributed by atoms with Gasteiger partial charge >= 0.3 is 0 Å². The number of amides is 1. The Morgan fingerprint density at radius 1 is 1.25 bits per heavy atom. The lowest BCUT2D eigenvalue weighted by Gasteiger charge is -2.32. The third kappa shape index (κ3) is 3.22. The molecule has 2 aromatic heterocycles. The standard InChI is InChI=1S/C21H20FN5O/c1-2-15-4-5-17(22)11-18(15)16-7-9-26(10-8-16)21(28)20-25-24-19-6-3-14(12-23)13-27(19)20/h3-6,11,13,16H,2,7-10H2,1H3. The summed E-state index contributed by atoms with van der Waals surface area (Å²) < 4.78 is 15.3. The average Bonchev–Trinajstić information content (AvgIpc) is 3.16. The first kappa shape index (κ1) is 18.1. The van der Waals surface area contributed by atoms with Crippen molar-refractivity contribution >= 4 is 11.6 Å². The third-order valence-electron chi connectivity index (χ3n) is 5.43. The lowest BCUT2D eigenvalue weighted by Crippen LogP contribution is -2.39. The molecule has 1 aliphatic heterocycles. The summed E-state index contributed by atoms with van der Waals surface area (Å²) in [6, 6.07) is 10.4. The van der Waals surface area contributed by atoms with Gasteiger partial charge in [-0.05, 0) is 60.6 Å². The number of hydrogen-bond acceptors (Lipinski definition) is 4. The second-order valence-corrected chi connectivity index (χ2v) is 7.04. The van der Waals surface area contributed by atoms with Crippen LogP contribution in [0.3, 0.4) is 0 Å². The molecule has 0 atom stereocenters. The summed E-state index contributed by atoms with van der Waals surface area (Å²) in [5.74, 6) is 0.0468. The number of carbonyl (C=O) groups is 1. The van der Waals surface area contributed by atoms with Crippen LogP contribution in [0, 0.1) is 17.1 Å². The predicted octanol–water partition coefficient (Wildman–Crippen LogP) is 3.32. The van der Waals surface area contributed by atoms with Gasteiger partial charge < -0.3 is 4.90 Å². The minimum atomic E-state index is -0.214. The molecule has 6 nitrogen and oxygen atoms in total. The van der Waals surface area contributed by atoms with Gasteiger partial charge in [-0.1, -0.05) is 13.0 Å². The lowest BCUT2D eigenvalue weighted by molar-refractivity contribution is 0.0699. The number of halogens is 1. The highest BCUT2D eigenvalue weighted by Gasteiger charge is 2.28. The number of rotatable bonds is 3. The Bertz CT molecular complexity index is 1080. The van der Waals surface area contributed by atoms with Crippen LogP contribution in [0.4, 0.5) is 4.39 Å². The van der Waals surface area contributed by atoms with Gasteiger partial charge in [-0.3, -0.25) is 9.20 Å². The molecular formula is C21H20FN5O. The number of piperidine rings is 1. The van der Waals surface area contributed by atoms with E-state index in [4.69, 9.17) is 5.26 Å². The van der Waals surface area contributed by atoms with Crippen LogP contribution in [-0.4, -0.2) is 38.5 Å². The number of aromatic nitrogens is 3. The van der Waals surface area contributed by atoms with Crippen LogP contribution in [0.25, 0.3) is 5.65 Å². The number of pyridine rings is 1. The number of likely N-dealkylation sites (tertiary alicyclic amines) is 1. The number of benzene rings is 1. The van der Waals surface area contributed by atoms with E-state index in [1.165, 1.54) is 11.6 Å². The van der Waals surface area contributed by atoms with Gasteiger partial charge in [0.2, 0.25) is 5.82 Å². The van der Waals surface area contributed by atoms with Crippen molar-refractivity contribution in [3.05, 3.63) is 64.9 Å². The maximum absolute atomic E-state index is 13.7. The van der Waals surface area contributed by atoms with Gasteiger partial charge in [-0.15, -0.1) is 10.2 Å². The summed E-state index contributed by atoms with van der Waals surface area (Å²) in [4.78, 5) is 14.7. The fourth-order valence-electron chi connectivity index (χ4n) is 3.91. The molecule has 1 aromatic carbocycles. The van der Waals surface area contributed by atoms with E-state index in [-0.39, 0.29) is 23.5 Å². The van der Waals surface area contributed by atoms with Gasteiger partial charge in [-0.2, -0.15) is 5.26 Å². The Balaban J connectivity index is 1.52. The first-order valence-electron chi connectivity index (χ1n) is 9.43. The van der Waals surface area contributed by atoms with E-state index in [1.807, 2.05) is 6.07 Å². The Morgan fingerprint density at radius 3 is 2.75 bits per heavy atom. The molecule has 7 heteroatoms. The van der Waals surface area contributed by atoms with E-state index in [0.717, 1.165) is 24.8 Å². The second kappa shape index (κ2) is 7.39. The molecule has 0 N–H and O–H groups in total. The summed E-state index contributed by atoms with van der Waals surface area (Å²) in [5, 5.41) is 17.1. The van der Waals surface area contributed by atoms with Crippen molar-refractivity contribution in [2.45, 2.75) is 32.1 Å². The topological polar surface area (TPSA) is 74.3 Å². The maximum atomic E-state index is 13.7. The van der Waals surface area contributed by atoms with Gasteiger partial charge in [0.05, 0.1) is 5.56 Å². The van der Waals surface area contributed by atoms with Gasteiger partial charge in [-0.25, -0.2) is 4.39 Å². The number of nitriles is 1. The van der Waals surface area contributed by atoms with Crippen molar-refractivity contribution in [3.63, 3.8) is 0 Å². The highest BCUT2D eigenvalue weighted by atomic mass is 19.1. The van der Waals surface area contributed by atoms with Crippen LogP contribution in [0.15, 0.2) is 36.5 Å². The Labute approximate surface area is 162 Å². The molecule has 1 amide bonds. The molecule has 3 aromatic rings. The minimum Gasteiger partial charge on any atom is -0.336 e. The first-order chi connectivity index (χ1) is 13.6. The largest absolute Gasteiger partial charge is 0.336 e. The molecule has 3 heterocycles. The van der Waals surface area contributed by atoms with Crippen molar-refractivity contribution in [3.8, 4) is 6.07 Å². The number of fused-ring (bicyclic) bond motifs is 1. The van der Waals surface area contributed by atoms with E-state index < -0.39 is 0 Å². The van der Waals surface area contributed by atoms with Crippen LogP contribution >= 0.6 is 0 Å². The van der Waals surface area contributed by atoms with Crippen LogP contribution in [0.5, 0.6) is 0 Å². The maximum Gasteiger partial charge on any atom is 0.292 e. The molecule has 4 rings (SSSR count).